The smallest absolute Gasteiger partial charge is 0.192 e. The van der Waals surface area contributed by atoms with Crippen LogP contribution in [0.3, 0.4) is 0 Å². The van der Waals surface area contributed by atoms with Crippen LogP contribution in [-0.4, -0.2) is 19.6 Å². The maximum atomic E-state index is 4.73. The average molecular weight is 302 g/mol. The zero-order valence-electron chi connectivity index (χ0n) is 11.5. The first-order valence-electron chi connectivity index (χ1n) is 6.97. The Kier molecular flexibility index (Phi) is 2.34. The van der Waals surface area contributed by atoms with E-state index in [1.165, 1.54) is 10.1 Å². The fourth-order valence-electron chi connectivity index (χ4n) is 2.68. The van der Waals surface area contributed by atoms with Gasteiger partial charge in [0.1, 0.15) is 6.33 Å². The maximum absolute atomic E-state index is 4.73. The first-order chi connectivity index (χ1) is 10.9. The maximum Gasteiger partial charge on any atom is 0.192 e. The molecular formula is C17H10N4S. The van der Waals surface area contributed by atoms with Crippen molar-refractivity contribution in [1.82, 2.24) is 19.6 Å². The largest absolute Gasteiger partial charge is 0.236 e. The molecule has 5 rings (SSSR count). The summed E-state index contributed by atoms with van der Waals surface area (Å²) in [5.41, 5.74) is 1.78. The molecule has 0 atom stereocenters. The Morgan fingerprint density at radius 3 is 2.77 bits per heavy atom. The van der Waals surface area contributed by atoms with Crippen LogP contribution in [0.15, 0.2) is 60.9 Å². The number of rotatable bonds is 1. The molecule has 0 aliphatic heterocycles. The summed E-state index contributed by atoms with van der Waals surface area (Å²) in [4.78, 5) is 10.2. The number of benzene rings is 2. The SMILES string of the molecule is c1ccc2sc(-c3nc4c5ccccc5ncn4n3)cc2c1. The van der Waals surface area contributed by atoms with E-state index >= 15 is 0 Å². The molecule has 3 aromatic heterocycles. The van der Waals surface area contributed by atoms with E-state index in [1.54, 1.807) is 22.2 Å². The van der Waals surface area contributed by atoms with Crippen LogP contribution in [0.1, 0.15) is 0 Å². The Labute approximate surface area is 129 Å². The van der Waals surface area contributed by atoms with Crippen molar-refractivity contribution in [1.29, 1.82) is 0 Å². The monoisotopic (exact) mass is 302 g/mol. The van der Waals surface area contributed by atoms with Gasteiger partial charge in [-0.3, -0.25) is 0 Å². The van der Waals surface area contributed by atoms with Crippen molar-refractivity contribution in [3.05, 3.63) is 60.9 Å². The summed E-state index contributed by atoms with van der Waals surface area (Å²) >= 11 is 1.71. The van der Waals surface area contributed by atoms with E-state index in [-0.39, 0.29) is 0 Å². The zero-order valence-corrected chi connectivity index (χ0v) is 12.3. The lowest BCUT2D eigenvalue weighted by molar-refractivity contribution is 0.939. The molecule has 0 N–H and O–H groups in total. The van der Waals surface area contributed by atoms with E-state index in [4.69, 9.17) is 4.98 Å². The van der Waals surface area contributed by atoms with Crippen LogP contribution in [0.5, 0.6) is 0 Å². The topological polar surface area (TPSA) is 43.1 Å². The minimum absolute atomic E-state index is 0.749. The average Bonchev–Trinajstić information content (AvgIpc) is 3.18. The lowest BCUT2D eigenvalue weighted by Gasteiger charge is -1.96. The summed E-state index contributed by atoms with van der Waals surface area (Å²) in [7, 11) is 0. The molecule has 0 unspecified atom stereocenters. The Balaban J connectivity index is 1.79. The van der Waals surface area contributed by atoms with Gasteiger partial charge in [-0.15, -0.1) is 16.4 Å². The zero-order chi connectivity index (χ0) is 14.5. The van der Waals surface area contributed by atoms with Crippen molar-refractivity contribution in [2.45, 2.75) is 0 Å². The standard InChI is InChI=1S/C17H10N4S/c1-4-8-14-11(5-1)9-15(22-14)16-19-17-12-6-2-3-7-13(12)18-10-21(17)20-16/h1-10H. The van der Waals surface area contributed by atoms with Gasteiger partial charge in [-0.05, 0) is 29.7 Å². The van der Waals surface area contributed by atoms with Crippen molar-refractivity contribution in [3.8, 4) is 10.7 Å². The van der Waals surface area contributed by atoms with Gasteiger partial charge in [0.15, 0.2) is 11.5 Å². The highest BCUT2D eigenvalue weighted by atomic mass is 32.1. The first-order valence-corrected chi connectivity index (χ1v) is 7.79. The summed E-state index contributed by atoms with van der Waals surface area (Å²) in [6.45, 7) is 0. The molecule has 2 aromatic carbocycles. The Bertz CT molecular complexity index is 1110. The molecule has 0 amide bonds. The lowest BCUT2D eigenvalue weighted by Crippen LogP contribution is -1.90. The predicted octanol–water partition coefficient (Wildman–Crippen LogP) is 4.16. The molecule has 0 fully saturated rings. The number of hydrogen-bond donors (Lipinski definition) is 0. The van der Waals surface area contributed by atoms with Crippen LogP contribution in [0.4, 0.5) is 0 Å². The molecule has 4 nitrogen and oxygen atoms in total. The third kappa shape index (κ3) is 1.66. The van der Waals surface area contributed by atoms with Crippen molar-refractivity contribution in [2.24, 2.45) is 0 Å². The molecule has 22 heavy (non-hydrogen) atoms. The number of para-hydroxylation sites is 1. The van der Waals surface area contributed by atoms with E-state index in [0.717, 1.165) is 27.3 Å². The van der Waals surface area contributed by atoms with Crippen LogP contribution in [-0.2, 0) is 0 Å². The highest BCUT2D eigenvalue weighted by molar-refractivity contribution is 7.22. The highest BCUT2D eigenvalue weighted by Gasteiger charge is 2.12. The second kappa shape index (κ2) is 4.35. The number of nitrogens with zero attached hydrogens (tertiary/aromatic N) is 4. The lowest BCUT2D eigenvalue weighted by atomic mass is 10.2. The van der Waals surface area contributed by atoms with Crippen LogP contribution in [0.2, 0.25) is 0 Å². The van der Waals surface area contributed by atoms with E-state index in [1.807, 2.05) is 30.3 Å². The molecule has 0 spiro atoms. The molecule has 0 radical (unpaired) electrons. The molecule has 0 aliphatic rings. The van der Waals surface area contributed by atoms with Crippen molar-refractivity contribution >= 4 is 38.0 Å². The van der Waals surface area contributed by atoms with Gasteiger partial charge < -0.3 is 0 Å². The number of thiophene rings is 1. The molecule has 0 bridgehead atoms. The molecule has 0 aliphatic carbocycles. The quantitative estimate of drug-likeness (QED) is 0.467. The van der Waals surface area contributed by atoms with Gasteiger partial charge in [-0.2, -0.15) is 0 Å². The van der Waals surface area contributed by atoms with Crippen LogP contribution in [0.25, 0.3) is 37.3 Å². The summed E-state index contributed by atoms with van der Waals surface area (Å²) in [6, 6.07) is 18.5. The van der Waals surface area contributed by atoms with Crippen LogP contribution < -0.4 is 0 Å². The van der Waals surface area contributed by atoms with Crippen molar-refractivity contribution < 1.29 is 0 Å². The third-order valence-electron chi connectivity index (χ3n) is 3.73. The number of hydrogen-bond acceptors (Lipinski definition) is 4. The molecule has 0 saturated heterocycles. The molecule has 5 aromatic rings. The van der Waals surface area contributed by atoms with Crippen molar-refractivity contribution in [3.63, 3.8) is 0 Å². The van der Waals surface area contributed by atoms with Crippen molar-refractivity contribution in [2.75, 3.05) is 0 Å². The van der Waals surface area contributed by atoms with Crippen LogP contribution >= 0.6 is 11.3 Å². The van der Waals surface area contributed by atoms with Gasteiger partial charge in [0, 0.05) is 10.1 Å². The number of aromatic nitrogens is 4. The minimum Gasteiger partial charge on any atom is -0.236 e. The fourth-order valence-corrected chi connectivity index (χ4v) is 3.67. The molecular weight excluding hydrogens is 292 g/mol. The highest BCUT2D eigenvalue weighted by Crippen LogP contribution is 2.32. The van der Waals surface area contributed by atoms with Gasteiger partial charge >= 0.3 is 0 Å². The summed E-state index contributed by atoms with van der Waals surface area (Å²) in [6.07, 6.45) is 1.72. The van der Waals surface area contributed by atoms with Gasteiger partial charge in [0.25, 0.3) is 0 Å². The van der Waals surface area contributed by atoms with Gasteiger partial charge in [0.2, 0.25) is 0 Å². The summed E-state index contributed by atoms with van der Waals surface area (Å²) < 4.78 is 3.00. The Morgan fingerprint density at radius 2 is 1.82 bits per heavy atom. The van der Waals surface area contributed by atoms with E-state index in [9.17, 15) is 0 Å². The summed E-state index contributed by atoms with van der Waals surface area (Å²) in [5, 5.41) is 6.83. The first kappa shape index (κ1) is 11.8. The minimum atomic E-state index is 0.749. The Morgan fingerprint density at radius 1 is 0.955 bits per heavy atom. The van der Waals surface area contributed by atoms with E-state index in [2.05, 4.69) is 34.3 Å². The Hall–Kier alpha value is -2.79. The fraction of sp³-hybridized carbons (Fsp3) is 0. The summed E-state index contributed by atoms with van der Waals surface area (Å²) in [5.74, 6) is 0.749. The molecule has 0 saturated carbocycles. The molecule has 5 heteroatoms. The molecule has 3 heterocycles. The third-order valence-corrected chi connectivity index (χ3v) is 4.84. The second-order valence-corrected chi connectivity index (χ2v) is 6.20. The van der Waals surface area contributed by atoms with Gasteiger partial charge in [-0.1, -0.05) is 30.3 Å². The molecule has 104 valence electrons. The predicted molar refractivity (Wildman–Crippen MR) is 89.1 cm³/mol. The second-order valence-electron chi connectivity index (χ2n) is 5.11. The van der Waals surface area contributed by atoms with Gasteiger partial charge in [-0.25, -0.2) is 14.5 Å². The van der Waals surface area contributed by atoms with Crippen LogP contribution in [0, 0.1) is 0 Å². The van der Waals surface area contributed by atoms with Gasteiger partial charge in [0.05, 0.1) is 10.4 Å². The number of fused-ring (bicyclic) bond motifs is 4. The normalized spacial score (nSPS) is 11.6. The van der Waals surface area contributed by atoms with E-state index in [0.29, 0.717) is 0 Å². The van der Waals surface area contributed by atoms with E-state index < -0.39 is 0 Å².